The molecule has 31 heavy (non-hydrogen) atoms. The molecule has 4 rings (SSSR count). The SMILES string of the molecule is Cc1cc2c(cn1)cc(C1CC(NC(=O)C3CCCC(C#N)C3)CCC1C)c(=O)n2C. The number of carbonyl (C=O) groups excluding carboxylic acids is 1. The van der Waals surface area contributed by atoms with Crippen molar-refractivity contribution in [2.75, 3.05) is 0 Å². The van der Waals surface area contributed by atoms with E-state index < -0.39 is 0 Å². The van der Waals surface area contributed by atoms with E-state index >= 15 is 0 Å². The molecule has 2 fully saturated rings. The van der Waals surface area contributed by atoms with Gasteiger partial charge in [0, 0.05) is 47.8 Å². The van der Waals surface area contributed by atoms with Crippen molar-refractivity contribution in [2.24, 2.45) is 24.8 Å². The van der Waals surface area contributed by atoms with Crippen LogP contribution in [0.5, 0.6) is 0 Å². The molecule has 2 heterocycles. The molecule has 2 aromatic heterocycles. The number of aryl methyl sites for hydroxylation is 2. The smallest absolute Gasteiger partial charge is 0.254 e. The van der Waals surface area contributed by atoms with Crippen LogP contribution in [0.2, 0.25) is 0 Å². The molecular weight excluding hydrogens is 388 g/mol. The molecular formula is C25H32N4O2. The number of hydrogen-bond acceptors (Lipinski definition) is 4. The van der Waals surface area contributed by atoms with Crippen molar-refractivity contribution in [1.29, 1.82) is 5.26 Å². The second kappa shape index (κ2) is 8.82. The monoisotopic (exact) mass is 420 g/mol. The maximum absolute atomic E-state index is 13.2. The van der Waals surface area contributed by atoms with Crippen molar-refractivity contribution in [2.45, 2.75) is 70.8 Å². The van der Waals surface area contributed by atoms with Gasteiger partial charge in [-0.2, -0.15) is 5.26 Å². The molecule has 1 N–H and O–H groups in total. The van der Waals surface area contributed by atoms with Gasteiger partial charge in [-0.1, -0.05) is 13.3 Å². The Morgan fingerprint density at radius 1 is 1.23 bits per heavy atom. The molecule has 2 aromatic rings. The average molecular weight is 421 g/mol. The summed E-state index contributed by atoms with van der Waals surface area (Å²) < 4.78 is 1.73. The zero-order valence-electron chi connectivity index (χ0n) is 18.7. The van der Waals surface area contributed by atoms with Crippen LogP contribution in [0.4, 0.5) is 0 Å². The van der Waals surface area contributed by atoms with E-state index in [1.807, 2.05) is 32.3 Å². The summed E-state index contributed by atoms with van der Waals surface area (Å²) >= 11 is 0. The fourth-order valence-electron chi connectivity index (χ4n) is 5.51. The molecule has 164 valence electrons. The number of nitriles is 1. The largest absolute Gasteiger partial charge is 0.353 e. The molecule has 0 radical (unpaired) electrons. The van der Waals surface area contributed by atoms with Gasteiger partial charge in [0.05, 0.1) is 11.6 Å². The molecule has 0 saturated heterocycles. The molecule has 6 nitrogen and oxygen atoms in total. The first kappa shape index (κ1) is 21.5. The molecule has 2 aliphatic carbocycles. The molecule has 1 amide bonds. The second-order valence-corrected chi connectivity index (χ2v) is 9.64. The molecule has 6 heteroatoms. The molecule has 0 aromatic carbocycles. The fourth-order valence-corrected chi connectivity index (χ4v) is 5.51. The van der Waals surface area contributed by atoms with Gasteiger partial charge in [0.2, 0.25) is 5.91 Å². The third kappa shape index (κ3) is 4.37. The number of aromatic nitrogens is 2. The number of hydrogen-bond donors (Lipinski definition) is 1. The first-order valence-electron chi connectivity index (χ1n) is 11.5. The molecule has 0 spiro atoms. The predicted octanol–water partition coefficient (Wildman–Crippen LogP) is 3.96. The van der Waals surface area contributed by atoms with Crippen LogP contribution in [0.1, 0.15) is 69.0 Å². The van der Waals surface area contributed by atoms with Gasteiger partial charge < -0.3 is 9.88 Å². The van der Waals surface area contributed by atoms with E-state index in [1.54, 1.807) is 4.57 Å². The summed E-state index contributed by atoms with van der Waals surface area (Å²) in [5.41, 5.74) is 2.67. The Morgan fingerprint density at radius 3 is 2.81 bits per heavy atom. The third-order valence-electron chi connectivity index (χ3n) is 7.44. The van der Waals surface area contributed by atoms with Crippen LogP contribution < -0.4 is 10.9 Å². The summed E-state index contributed by atoms with van der Waals surface area (Å²) in [6, 6.07) is 6.37. The van der Waals surface area contributed by atoms with Crippen LogP contribution in [0.3, 0.4) is 0 Å². The Hall–Kier alpha value is -2.68. The summed E-state index contributed by atoms with van der Waals surface area (Å²) in [7, 11) is 1.83. The minimum absolute atomic E-state index is 0.00138. The minimum Gasteiger partial charge on any atom is -0.353 e. The first-order chi connectivity index (χ1) is 14.9. The lowest BCUT2D eigenvalue weighted by molar-refractivity contribution is -0.127. The van der Waals surface area contributed by atoms with Crippen molar-refractivity contribution in [1.82, 2.24) is 14.9 Å². The van der Waals surface area contributed by atoms with Gasteiger partial charge in [0.25, 0.3) is 5.56 Å². The van der Waals surface area contributed by atoms with Crippen molar-refractivity contribution in [3.63, 3.8) is 0 Å². The van der Waals surface area contributed by atoms with Crippen LogP contribution in [0.15, 0.2) is 23.1 Å². The maximum Gasteiger partial charge on any atom is 0.254 e. The second-order valence-electron chi connectivity index (χ2n) is 9.64. The highest BCUT2D eigenvalue weighted by Crippen LogP contribution is 2.37. The van der Waals surface area contributed by atoms with Gasteiger partial charge >= 0.3 is 0 Å². The lowest BCUT2D eigenvalue weighted by Crippen LogP contribution is -2.44. The van der Waals surface area contributed by atoms with E-state index in [9.17, 15) is 14.9 Å². The maximum atomic E-state index is 13.2. The predicted molar refractivity (Wildman–Crippen MR) is 120 cm³/mol. The van der Waals surface area contributed by atoms with E-state index in [4.69, 9.17) is 0 Å². The number of nitrogens with one attached hydrogen (secondary N) is 1. The molecule has 2 saturated carbocycles. The van der Waals surface area contributed by atoms with Gasteiger partial charge in [0.1, 0.15) is 0 Å². The number of fused-ring (bicyclic) bond motifs is 1. The average Bonchev–Trinajstić information content (AvgIpc) is 2.78. The molecule has 2 aliphatic rings. The van der Waals surface area contributed by atoms with Gasteiger partial charge in [0.15, 0.2) is 0 Å². The Balaban J connectivity index is 1.54. The standard InChI is InChI=1S/C25H32N4O2/c1-15-7-8-20(28-24(30)18-6-4-5-17(10-18)13-26)12-21(15)22-11-19-14-27-16(2)9-23(19)29(3)25(22)31/h9,11,14-15,17-18,20-21H,4-8,10,12H2,1-3H3,(H,28,30). The van der Waals surface area contributed by atoms with Crippen molar-refractivity contribution >= 4 is 16.8 Å². The highest BCUT2D eigenvalue weighted by Gasteiger charge is 2.34. The normalized spacial score (nSPS) is 28.8. The van der Waals surface area contributed by atoms with Crippen molar-refractivity contribution in [3.8, 4) is 6.07 Å². The molecule has 0 bridgehead atoms. The van der Waals surface area contributed by atoms with Crippen LogP contribution in [-0.2, 0) is 11.8 Å². The summed E-state index contributed by atoms with van der Waals surface area (Å²) in [5.74, 6) is 0.529. The van der Waals surface area contributed by atoms with E-state index in [1.165, 1.54) is 0 Å². The summed E-state index contributed by atoms with van der Waals surface area (Å²) in [4.78, 5) is 30.5. The number of nitrogens with zero attached hydrogens (tertiary/aromatic N) is 3. The fraction of sp³-hybridized carbons (Fsp3) is 0.600. The van der Waals surface area contributed by atoms with Gasteiger partial charge in [-0.3, -0.25) is 14.6 Å². The Kier molecular flexibility index (Phi) is 6.13. The quantitative estimate of drug-likeness (QED) is 0.814. The van der Waals surface area contributed by atoms with Crippen molar-refractivity contribution in [3.05, 3.63) is 39.9 Å². The van der Waals surface area contributed by atoms with E-state index in [0.29, 0.717) is 12.3 Å². The molecule has 0 aliphatic heterocycles. The minimum atomic E-state index is -0.0564. The lowest BCUT2D eigenvalue weighted by atomic mass is 9.74. The lowest BCUT2D eigenvalue weighted by Gasteiger charge is -2.36. The van der Waals surface area contributed by atoms with E-state index in [2.05, 4.69) is 23.3 Å². The summed E-state index contributed by atoms with van der Waals surface area (Å²) in [6.45, 7) is 4.14. The molecule has 5 atom stereocenters. The Bertz CT molecular complexity index is 1080. The Labute approximate surface area is 183 Å². The van der Waals surface area contributed by atoms with E-state index in [0.717, 1.165) is 60.7 Å². The van der Waals surface area contributed by atoms with Gasteiger partial charge in [-0.15, -0.1) is 0 Å². The van der Waals surface area contributed by atoms with Crippen molar-refractivity contribution < 1.29 is 4.79 Å². The highest BCUT2D eigenvalue weighted by atomic mass is 16.2. The highest BCUT2D eigenvalue weighted by molar-refractivity contribution is 5.80. The van der Waals surface area contributed by atoms with E-state index in [-0.39, 0.29) is 35.3 Å². The Morgan fingerprint density at radius 2 is 2.03 bits per heavy atom. The zero-order valence-corrected chi connectivity index (χ0v) is 18.7. The van der Waals surface area contributed by atoms with Gasteiger partial charge in [-0.05, 0) is 69.4 Å². The number of pyridine rings is 2. The third-order valence-corrected chi connectivity index (χ3v) is 7.44. The number of rotatable bonds is 3. The summed E-state index contributed by atoms with van der Waals surface area (Å²) in [5, 5.41) is 13.5. The number of amides is 1. The summed E-state index contributed by atoms with van der Waals surface area (Å²) in [6.07, 6.45) is 7.93. The molecule has 5 unspecified atom stereocenters. The van der Waals surface area contributed by atoms with Gasteiger partial charge in [-0.25, -0.2) is 0 Å². The van der Waals surface area contributed by atoms with Crippen LogP contribution >= 0.6 is 0 Å². The van der Waals surface area contributed by atoms with Crippen LogP contribution in [0.25, 0.3) is 10.9 Å². The number of carbonyl (C=O) groups is 1. The topological polar surface area (TPSA) is 87.8 Å². The van der Waals surface area contributed by atoms with Crippen LogP contribution in [0, 0.1) is 36.0 Å². The zero-order chi connectivity index (χ0) is 22.1. The van der Waals surface area contributed by atoms with Crippen LogP contribution in [-0.4, -0.2) is 21.5 Å². The first-order valence-corrected chi connectivity index (χ1v) is 11.5.